The molecule has 2 nitrogen and oxygen atoms in total. The highest BCUT2D eigenvalue weighted by Gasteiger charge is 2.33. The molecule has 1 heterocycles. The van der Waals surface area contributed by atoms with Crippen molar-refractivity contribution >= 4 is 17.1 Å². The molecule has 1 aromatic rings. The van der Waals surface area contributed by atoms with E-state index in [9.17, 15) is 4.79 Å². The maximum absolute atomic E-state index is 12.3. The predicted molar refractivity (Wildman–Crippen MR) is 86.2 cm³/mol. The van der Waals surface area contributed by atoms with Gasteiger partial charge in [-0.2, -0.15) is 0 Å². The Labute approximate surface area is 127 Å². The van der Waals surface area contributed by atoms with Gasteiger partial charge in [0.2, 0.25) is 0 Å². The molecule has 112 valence electrons. The molecule has 2 rings (SSSR count). The van der Waals surface area contributed by atoms with Crippen molar-refractivity contribution in [1.82, 2.24) is 4.90 Å². The average Bonchev–Trinajstić information content (AvgIpc) is 2.86. The molecule has 20 heavy (non-hydrogen) atoms. The Hall–Kier alpha value is -0.670. The SMILES string of the molecule is CC1CC(=O)C(CN(C)C(C)Cc2cccs2)C(C)C1. The van der Waals surface area contributed by atoms with Gasteiger partial charge in [0, 0.05) is 29.8 Å². The highest BCUT2D eigenvalue weighted by Crippen LogP contribution is 2.31. The Bertz CT molecular complexity index is 428. The van der Waals surface area contributed by atoms with Gasteiger partial charge in [-0.05, 0) is 50.1 Å². The van der Waals surface area contributed by atoms with Gasteiger partial charge in [0.1, 0.15) is 5.78 Å². The average molecular weight is 293 g/mol. The summed E-state index contributed by atoms with van der Waals surface area (Å²) < 4.78 is 0. The van der Waals surface area contributed by atoms with Crippen LogP contribution < -0.4 is 0 Å². The van der Waals surface area contributed by atoms with Gasteiger partial charge in [-0.25, -0.2) is 0 Å². The molecule has 0 saturated heterocycles. The summed E-state index contributed by atoms with van der Waals surface area (Å²) in [6, 6.07) is 4.80. The van der Waals surface area contributed by atoms with Crippen molar-refractivity contribution in [2.45, 2.75) is 46.1 Å². The quantitative estimate of drug-likeness (QED) is 0.821. The van der Waals surface area contributed by atoms with Gasteiger partial charge in [-0.3, -0.25) is 4.79 Å². The van der Waals surface area contributed by atoms with Crippen LogP contribution in [0.5, 0.6) is 0 Å². The molecule has 0 N–H and O–H groups in total. The van der Waals surface area contributed by atoms with E-state index in [4.69, 9.17) is 0 Å². The fraction of sp³-hybridized carbons (Fsp3) is 0.706. The lowest BCUT2D eigenvalue weighted by Crippen LogP contribution is -2.42. The minimum Gasteiger partial charge on any atom is -0.303 e. The van der Waals surface area contributed by atoms with Gasteiger partial charge in [-0.15, -0.1) is 11.3 Å². The minimum absolute atomic E-state index is 0.238. The summed E-state index contributed by atoms with van der Waals surface area (Å²) in [6.45, 7) is 7.63. The number of nitrogens with zero attached hydrogens (tertiary/aromatic N) is 1. The van der Waals surface area contributed by atoms with Gasteiger partial charge in [0.25, 0.3) is 0 Å². The molecular formula is C17H27NOS. The Kier molecular flexibility index (Phi) is 5.39. The van der Waals surface area contributed by atoms with Crippen molar-refractivity contribution in [3.8, 4) is 0 Å². The van der Waals surface area contributed by atoms with Crippen molar-refractivity contribution in [2.24, 2.45) is 17.8 Å². The number of thiophene rings is 1. The number of likely N-dealkylation sites (N-methyl/N-ethyl adjacent to an activating group) is 1. The zero-order valence-electron chi connectivity index (χ0n) is 13.1. The molecule has 1 saturated carbocycles. The van der Waals surface area contributed by atoms with Gasteiger partial charge in [0.15, 0.2) is 0 Å². The van der Waals surface area contributed by atoms with Crippen LogP contribution in [-0.2, 0) is 11.2 Å². The van der Waals surface area contributed by atoms with Crippen molar-refractivity contribution in [3.63, 3.8) is 0 Å². The fourth-order valence-corrected chi connectivity index (χ4v) is 4.17. The fourth-order valence-electron chi connectivity index (χ4n) is 3.34. The van der Waals surface area contributed by atoms with E-state index < -0.39 is 0 Å². The molecule has 0 amide bonds. The van der Waals surface area contributed by atoms with Crippen molar-refractivity contribution in [2.75, 3.05) is 13.6 Å². The normalized spacial score (nSPS) is 28.9. The lowest BCUT2D eigenvalue weighted by Gasteiger charge is -2.35. The highest BCUT2D eigenvalue weighted by atomic mass is 32.1. The highest BCUT2D eigenvalue weighted by molar-refractivity contribution is 7.09. The van der Waals surface area contributed by atoms with E-state index in [0.717, 1.165) is 19.4 Å². The van der Waals surface area contributed by atoms with E-state index in [2.05, 4.69) is 50.2 Å². The second-order valence-corrected chi connectivity index (χ2v) is 7.70. The van der Waals surface area contributed by atoms with Crippen LogP contribution in [0.1, 0.15) is 38.5 Å². The molecular weight excluding hydrogens is 266 g/mol. The molecule has 1 aliphatic carbocycles. The van der Waals surface area contributed by atoms with E-state index in [1.165, 1.54) is 11.3 Å². The molecule has 4 atom stereocenters. The number of hydrogen-bond donors (Lipinski definition) is 0. The first-order valence-electron chi connectivity index (χ1n) is 7.72. The number of Topliss-reactive ketones (excluding diaryl/α,β-unsaturated/α-hetero) is 1. The Balaban J connectivity index is 1.89. The lowest BCUT2D eigenvalue weighted by molar-refractivity contribution is -0.128. The first-order valence-corrected chi connectivity index (χ1v) is 8.60. The summed E-state index contributed by atoms with van der Waals surface area (Å²) >= 11 is 1.82. The third-order valence-electron chi connectivity index (χ3n) is 4.74. The monoisotopic (exact) mass is 293 g/mol. The zero-order valence-corrected chi connectivity index (χ0v) is 14.0. The summed E-state index contributed by atoms with van der Waals surface area (Å²) in [5.74, 6) is 1.82. The van der Waals surface area contributed by atoms with Crippen LogP contribution in [-0.4, -0.2) is 30.3 Å². The van der Waals surface area contributed by atoms with Crippen LogP contribution in [0.25, 0.3) is 0 Å². The lowest BCUT2D eigenvalue weighted by atomic mass is 9.74. The van der Waals surface area contributed by atoms with Gasteiger partial charge in [-0.1, -0.05) is 19.9 Å². The zero-order chi connectivity index (χ0) is 14.7. The van der Waals surface area contributed by atoms with E-state index in [-0.39, 0.29) is 5.92 Å². The second-order valence-electron chi connectivity index (χ2n) is 6.67. The summed E-state index contributed by atoms with van der Waals surface area (Å²) in [7, 11) is 2.16. The summed E-state index contributed by atoms with van der Waals surface area (Å²) in [6.07, 6.45) is 3.06. The smallest absolute Gasteiger partial charge is 0.137 e. The topological polar surface area (TPSA) is 20.3 Å². The van der Waals surface area contributed by atoms with Gasteiger partial charge in [0.05, 0.1) is 0 Å². The van der Waals surface area contributed by atoms with E-state index in [1.807, 2.05) is 11.3 Å². The van der Waals surface area contributed by atoms with Crippen LogP contribution >= 0.6 is 11.3 Å². The van der Waals surface area contributed by atoms with Crippen molar-refractivity contribution < 1.29 is 4.79 Å². The van der Waals surface area contributed by atoms with Crippen LogP contribution in [0.15, 0.2) is 17.5 Å². The first kappa shape index (κ1) is 15.7. The minimum atomic E-state index is 0.238. The molecule has 0 aliphatic heterocycles. The van der Waals surface area contributed by atoms with Crippen LogP contribution in [0, 0.1) is 17.8 Å². The van der Waals surface area contributed by atoms with Crippen molar-refractivity contribution in [3.05, 3.63) is 22.4 Å². The number of carbonyl (C=O) groups excluding carboxylic acids is 1. The third-order valence-corrected chi connectivity index (χ3v) is 5.64. The molecule has 4 unspecified atom stereocenters. The van der Waals surface area contributed by atoms with Gasteiger partial charge < -0.3 is 4.90 Å². The van der Waals surface area contributed by atoms with E-state index in [1.54, 1.807) is 0 Å². The molecule has 1 fully saturated rings. The summed E-state index contributed by atoms with van der Waals surface area (Å²) in [5.41, 5.74) is 0. The Morgan fingerprint density at radius 2 is 2.20 bits per heavy atom. The Morgan fingerprint density at radius 3 is 2.80 bits per heavy atom. The number of rotatable bonds is 5. The van der Waals surface area contributed by atoms with E-state index in [0.29, 0.717) is 23.7 Å². The van der Waals surface area contributed by atoms with Crippen molar-refractivity contribution in [1.29, 1.82) is 0 Å². The first-order chi connectivity index (χ1) is 9.47. The maximum atomic E-state index is 12.3. The van der Waals surface area contributed by atoms with Gasteiger partial charge >= 0.3 is 0 Å². The largest absolute Gasteiger partial charge is 0.303 e. The molecule has 3 heteroatoms. The van der Waals surface area contributed by atoms with E-state index >= 15 is 0 Å². The maximum Gasteiger partial charge on any atom is 0.137 e. The number of ketones is 1. The second kappa shape index (κ2) is 6.86. The molecule has 0 bridgehead atoms. The predicted octanol–water partition coefficient (Wildman–Crippen LogP) is 3.86. The summed E-state index contributed by atoms with van der Waals surface area (Å²) in [4.78, 5) is 16.1. The van der Waals surface area contributed by atoms with Crippen LogP contribution in [0.3, 0.4) is 0 Å². The van der Waals surface area contributed by atoms with Crippen LogP contribution in [0.2, 0.25) is 0 Å². The molecule has 1 aromatic heterocycles. The third kappa shape index (κ3) is 3.92. The summed E-state index contributed by atoms with van der Waals surface area (Å²) in [5, 5.41) is 2.14. The molecule has 0 aromatic carbocycles. The number of hydrogen-bond acceptors (Lipinski definition) is 3. The standard InChI is InChI=1S/C17H27NOS/c1-12-8-13(2)16(17(19)9-12)11-18(4)14(3)10-15-6-5-7-20-15/h5-7,12-14,16H,8-11H2,1-4H3. The van der Waals surface area contributed by atoms with Crippen LogP contribution in [0.4, 0.5) is 0 Å². The molecule has 0 spiro atoms. The Morgan fingerprint density at radius 1 is 1.45 bits per heavy atom. The molecule has 1 aliphatic rings. The number of carbonyl (C=O) groups is 1. The molecule has 0 radical (unpaired) electrons.